The summed E-state index contributed by atoms with van der Waals surface area (Å²) in [5.41, 5.74) is 1.93. The first-order valence-corrected chi connectivity index (χ1v) is 7.42. The van der Waals surface area contributed by atoms with Gasteiger partial charge in [0, 0.05) is 6.54 Å². The third kappa shape index (κ3) is 4.40. The van der Waals surface area contributed by atoms with Gasteiger partial charge in [-0.05, 0) is 36.2 Å². The number of hydrogen-bond donors (Lipinski definition) is 2. The molecule has 6 heteroatoms. The Labute approximate surface area is 141 Å². The van der Waals surface area contributed by atoms with Crippen molar-refractivity contribution in [3.63, 3.8) is 0 Å². The number of nitrogens with one attached hydrogen (secondary N) is 2. The number of urea groups is 1. The number of benzene rings is 2. The average molecular weight is 325 g/mol. The fourth-order valence-corrected chi connectivity index (χ4v) is 2.21. The molecule has 0 radical (unpaired) electrons. The molecule has 0 bridgehead atoms. The number of carbonyl (C=O) groups is 1. The number of para-hydroxylation sites is 1. The molecule has 0 saturated heterocycles. The van der Waals surface area contributed by atoms with E-state index in [9.17, 15) is 4.79 Å². The van der Waals surface area contributed by atoms with Crippen LogP contribution in [0.3, 0.4) is 0 Å². The van der Waals surface area contributed by atoms with E-state index in [0.29, 0.717) is 35.7 Å². The Bertz CT molecular complexity index is 753. The highest BCUT2D eigenvalue weighted by Gasteiger charge is 2.07. The molecule has 0 spiro atoms. The smallest absolute Gasteiger partial charge is 0.319 e. The van der Waals surface area contributed by atoms with Crippen LogP contribution in [0.2, 0.25) is 0 Å². The lowest BCUT2D eigenvalue weighted by atomic mass is 10.1. The fourth-order valence-electron chi connectivity index (χ4n) is 2.21. The number of nitriles is 1. The SMILES string of the molecule is COc1ccc(CCNC(=O)Nc2ccccc2C#N)cc1OC. The summed E-state index contributed by atoms with van der Waals surface area (Å²) in [6.07, 6.45) is 0.646. The van der Waals surface area contributed by atoms with Crippen molar-refractivity contribution in [1.29, 1.82) is 5.26 Å². The van der Waals surface area contributed by atoms with Crippen LogP contribution in [0.15, 0.2) is 42.5 Å². The molecule has 2 amide bonds. The molecule has 2 aromatic carbocycles. The van der Waals surface area contributed by atoms with Crippen LogP contribution in [0.5, 0.6) is 11.5 Å². The summed E-state index contributed by atoms with van der Waals surface area (Å²) in [6.45, 7) is 0.454. The zero-order chi connectivity index (χ0) is 17.4. The highest BCUT2D eigenvalue weighted by atomic mass is 16.5. The Balaban J connectivity index is 1.88. The van der Waals surface area contributed by atoms with Gasteiger partial charge in [0.1, 0.15) is 6.07 Å². The maximum Gasteiger partial charge on any atom is 0.319 e. The van der Waals surface area contributed by atoms with E-state index < -0.39 is 0 Å². The van der Waals surface area contributed by atoms with Crippen LogP contribution in [-0.4, -0.2) is 26.8 Å². The van der Waals surface area contributed by atoms with Gasteiger partial charge in [0.25, 0.3) is 0 Å². The van der Waals surface area contributed by atoms with Gasteiger partial charge in [-0.15, -0.1) is 0 Å². The van der Waals surface area contributed by atoms with Crippen LogP contribution in [0.4, 0.5) is 10.5 Å². The average Bonchev–Trinajstić information content (AvgIpc) is 2.62. The van der Waals surface area contributed by atoms with Crippen molar-refractivity contribution in [3.05, 3.63) is 53.6 Å². The van der Waals surface area contributed by atoms with Crippen LogP contribution in [0.1, 0.15) is 11.1 Å². The number of hydrogen-bond acceptors (Lipinski definition) is 4. The minimum atomic E-state index is -0.349. The summed E-state index contributed by atoms with van der Waals surface area (Å²) in [5, 5.41) is 14.4. The Kier molecular flexibility index (Phi) is 6.03. The van der Waals surface area contributed by atoms with Gasteiger partial charge in [-0.2, -0.15) is 5.26 Å². The van der Waals surface area contributed by atoms with E-state index in [1.165, 1.54) is 0 Å². The topological polar surface area (TPSA) is 83.4 Å². The first kappa shape index (κ1) is 17.2. The van der Waals surface area contributed by atoms with Gasteiger partial charge in [-0.1, -0.05) is 18.2 Å². The van der Waals surface area contributed by atoms with E-state index in [1.54, 1.807) is 38.5 Å². The molecule has 0 aliphatic rings. The van der Waals surface area contributed by atoms with E-state index in [4.69, 9.17) is 14.7 Å². The van der Waals surface area contributed by atoms with Crippen LogP contribution in [-0.2, 0) is 6.42 Å². The van der Waals surface area contributed by atoms with Gasteiger partial charge in [0.2, 0.25) is 0 Å². The maximum atomic E-state index is 11.9. The van der Waals surface area contributed by atoms with Crippen molar-refractivity contribution in [2.45, 2.75) is 6.42 Å². The van der Waals surface area contributed by atoms with E-state index in [-0.39, 0.29) is 6.03 Å². The van der Waals surface area contributed by atoms with Gasteiger partial charge in [0.15, 0.2) is 11.5 Å². The highest BCUT2D eigenvalue weighted by molar-refractivity contribution is 5.90. The van der Waals surface area contributed by atoms with Gasteiger partial charge in [-0.25, -0.2) is 4.79 Å². The fraction of sp³-hybridized carbons (Fsp3) is 0.222. The first-order valence-electron chi connectivity index (χ1n) is 7.42. The molecule has 2 aromatic rings. The molecule has 0 aromatic heterocycles. The standard InChI is InChI=1S/C18H19N3O3/c1-23-16-8-7-13(11-17(16)24-2)9-10-20-18(22)21-15-6-4-3-5-14(15)12-19/h3-8,11H,9-10H2,1-2H3,(H2,20,21,22). The normalized spacial score (nSPS) is 9.71. The monoisotopic (exact) mass is 325 g/mol. The van der Waals surface area contributed by atoms with Crippen molar-refractivity contribution in [1.82, 2.24) is 5.32 Å². The third-order valence-corrected chi connectivity index (χ3v) is 3.44. The molecule has 2 N–H and O–H groups in total. The van der Waals surface area contributed by atoms with Crippen LogP contribution < -0.4 is 20.1 Å². The molecule has 0 aliphatic heterocycles. The second-order valence-corrected chi connectivity index (χ2v) is 4.98. The number of ether oxygens (including phenoxy) is 2. The number of anilines is 1. The molecule has 24 heavy (non-hydrogen) atoms. The number of carbonyl (C=O) groups excluding carboxylic acids is 1. The van der Waals surface area contributed by atoms with Gasteiger partial charge >= 0.3 is 6.03 Å². The Morgan fingerprint density at radius 1 is 1.12 bits per heavy atom. The maximum absolute atomic E-state index is 11.9. The largest absolute Gasteiger partial charge is 0.493 e. The summed E-state index contributed by atoms with van der Waals surface area (Å²) in [4.78, 5) is 11.9. The summed E-state index contributed by atoms with van der Waals surface area (Å²) in [6, 6.07) is 14.2. The molecule has 2 rings (SSSR count). The van der Waals surface area contributed by atoms with E-state index >= 15 is 0 Å². The molecule has 0 atom stereocenters. The van der Waals surface area contributed by atoms with Crippen molar-refractivity contribution in [3.8, 4) is 17.6 Å². The molecule has 0 heterocycles. The molecular formula is C18H19N3O3. The van der Waals surface area contributed by atoms with E-state index in [2.05, 4.69) is 10.6 Å². The molecule has 6 nitrogen and oxygen atoms in total. The number of nitrogens with zero attached hydrogens (tertiary/aromatic N) is 1. The molecule has 0 aliphatic carbocycles. The second kappa shape index (κ2) is 8.44. The number of rotatable bonds is 6. The Morgan fingerprint density at radius 2 is 1.88 bits per heavy atom. The molecule has 124 valence electrons. The van der Waals surface area contributed by atoms with Crippen molar-refractivity contribution < 1.29 is 14.3 Å². The lowest BCUT2D eigenvalue weighted by Crippen LogP contribution is -2.30. The summed E-state index contributed by atoms with van der Waals surface area (Å²) >= 11 is 0. The summed E-state index contributed by atoms with van der Waals surface area (Å²) in [7, 11) is 3.17. The summed E-state index contributed by atoms with van der Waals surface area (Å²) in [5.74, 6) is 1.32. The minimum Gasteiger partial charge on any atom is -0.493 e. The van der Waals surface area contributed by atoms with Crippen LogP contribution in [0, 0.1) is 11.3 Å². The van der Waals surface area contributed by atoms with Gasteiger partial charge in [-0.3, -0.25) is 0 Å². The lowest BCUT2D eigenvalue weighted by Gasteiger charge is -2.11. The second-order valence-electron chi connectivity index (χ2n) is 4.98. The predicted octanol–water partition coefficient (Wildman–Crippen LogP) is 2.94. The molecule has 0 fully saturated rings. The third-order valence-electron chi connectivity index (χ3n) is 3.44. The number of amides is 2. The molecule has 0 unspecified atom stereocenters. The number of methoxy groups -OCH3 is 2. The van der Waals surface area contributed by atoms with Crippen LogP contribution >= 0.6 is 0 Å². The lowest BCUT2D eigenvalue weighted by molar-refractivity contribution is 0.252. The first-order chi connectivity index (χ1) is 11.7. The predicted molar refractivity (Wildman–Crippen MR) is 91.4 cm³/mol. The van der Waals surface area contributed by atoms with Gasteiger partial charge < -0.3 is 20.1 Å². The van der Waals surface area contributed by atoms with Crippen molar-refractivity contribution >= 4 is 11.7 Å². The Hall–Kier alpha value is -3.20. The minimum absolute atomic E-state index is 0.349. The molecule has 0 saturated carbocycles. The van der Waals surface area contributed by atoms with Gasteiger partial charge in [0.05, 0.1) is 25.5 Å². The highest BCUT2D eigenvalue weighted by Crippen LogP contribution is 2.27. The van der Waals surface area contributed by atoms with E-state index in [0.717, 1.165) is 5.56 Å². The zero-order valence-corrected chi connectivity index (χ0v) is 13.6. The van der Waals surface area contributed by atoms with Crippen molar-refractivity contribution in [2.75, 3.05) is 26.1 Å². The summed E-state index contributed by atoms with van der Waals surface area (Å²) < 4.78 is 10.4. The molecular weight excluding hydrogens is 306 g/mol. The zero-order valence-electron chi connectivity index (χ0n) is 13.6. The van der Waals surface area contributed by atoms with E-state index in [1.807, 2.05) is 24.3 Å². The van der Waals surface area contributed by atoms with Crippen LogP contribution in [0.25, 0.3) is 0 Å². The quantitative estimate of drug-likeness (QED) is 0.855. The van der Waals surface area contributed by atoms with Crippen molar-refractivity contribution in [2.24, 2.45) is 0 Å². The Morgan fingerprint density at radius 3 is 2.58 bits per heavy atom.